The molecule has 1 aliphatic heterocycles. The van der Waals surface area contributed by atoms with Gasteiger partial charge in [-0.3, -0.25) is 4.90 Å². The molecule has 2 rings (SSSR count). The van der Waals surface area contributed by atoms with E-state index < -0.39 is 0 Å². The zero-order chi connectivity index (χ0) is 14.9. The molecule has 1 aliphatic rings. The minimum atomic E-state index is -0.184. The largest absolute Gasteiger partial charge is 0.311 e. The second-order valence-electron chi connectivity index (χ2n) is 6.64. The summed E-state index contributed by atoms with van der Waals surface area (Å²) < 4.78 is 14.2. The van der Waals surface area contributed by atoms with Crippen LogP contribution in [0.5, 0.6) is 0 Å². The zero-order valence-electron chi connectivity index (χ0n) is 12.7. The molecule has 0 aliphatic carbocycles. The summed E-state index contributed by atoms with van der Waals surface area (Å²) in [4.78, 5) is 2.45. The number of nitrogens with zero attached hydrogens (tertiary/aromatic N) is 1. The summed E-state index contributed by atoms with van der Waals surface area (Å²) >= 11 is 3.37. The molecule has 1 N–H and O–H groups in total. The maximum Gasteiger partial charge on any atom is 0.137 e. The molecule has 1 heterocycles. The van der Waals surface area contributed by atoms with Crippen LogP contribution in [0.15, 0.2) is 22.7 Å². The van der Waals surface area contributed by atoms with Crippen molar-refractivity contribution in [2.45, 2.75) is 45.8 Å². The summed E-state index contributed by atoms with van der Waals surface area (Å²) in [6, 6.07) is 5.77. The molecule has 1 unspecified atom stereocenters. The molecule has 20 heavy (non-hydrogen) atoms. The summed E-state index contributed by atoms with van der Waals surface area (Å²) in [6.45, 7) is 11.7. The van der Waals surface area contributed by atoms with E-state index in [0.717, 1.165) is 25.2 Å². The van der Waals surface area contributed by atoms with Crippen molar-refractivity contribution in [3.8, 4) is 0 Å². The van der Waals surface area contributed by atoms with E-state index in [1.54, 1.807) is 6.07 Å². The minimum absolute atomic E-state index is 0.0805. The van der Waals surface area contributed by atoms with Gasteiger partial charge in [0.2, 0.25) is 0 Å². The normalized spacial score (nSPS) is 23.2. The van der Waals surface area contributed by atoms with Crippen molar-refractivity contribution in [3.63, 3.8) is 0 Å². The summed E-state index contributed by atoms with van der Waals surface area (Å²) in [5, 5.41) is 3.62. The van der Waals surface area contributed by atoms with Crippen molar-refractivity contribution in [1.29, 1.82) is 0 Å². The van der Waals surface area contributed by atoms with E-state index in [9.17, 15) is 4.39 Å². The first-order chi connectivity index (χ1) is 9.31. The highest BCUT2D eigenvalue weighted by molar-refractivity contribution is 9.10. The van der Waals surface area contributed by atoms with Crippen molar-refractivity contribution in [2.24, 2.45) is 5.92 Å². The molecular weight excluding hydrogens is 319 g/mol. The number of piperazine rings is 1. The Labute approximate surface area is 129 Å². The molecule has 1 aromatic rings. The molecule has 1 atom stereocenters. The van der Waals surface area contributed by atoms with Gasteiger partial charge >= 0.3 is 0 Å². The molecular formula is C16H24BrFN2. The van der Waals surface area contributed by atoms with E-state index in [1.165, 1.54) is 6.07 Å². The van der Waals surface area contributed by atoms with Gasteiger partial charge in [-0.15, -0.1) is 0 Å². The minimum Gasteiger partial charge on any atom is -0.311 e. The van der Waals surface area contributed by atoms with E-state index in [2.05, 4.69) is 53.8 Å². The lowest BCUT2D eigenvalue weighted by Gasteiger charge is -2.47. The van der Waals surface area contributed by atoms with Gasteiger partial charge in [-0.05, 0) is 47.3 Å². The first-order valence-electron chi connectivity index (χ1n) is 7.22. The monoisotopic (exact) mass is 342 g/mol. The maximum atomic E-state index is 13.7. The van der Waals surface area contributed by atoms with Crippen molar-refractivity contribution in [2.75, 3.05) is 13.1 Å². The second-order valence-corrected chi connectivity index (χ2v) is 7.43. The van der Waals surface area contributed by atoms with Gasteiger partial charge in [-0.25, -0.2) is 4.39 Å². The van der Waals surface area contributed by atoms with Gasteiger partial charge < -0.3 is 5.32 Å². The number of rotatable bonds is 3. The SMILES string of the molecule is CC(C)C1CN(Cc2cccc(F)c2Br)C(C)(C)CN1. The van der Waals surface area contributed by atoms with E-state index in [0.29, 0.717) is 16.4 Å². The predicted octanol–water partition coefficient (Wildman–Crippen LogP) is 3.80. The average molecular weight is 343 g/mol. The Bertz CT molecular complexity index is 474. The smallest absolute Gasteiger partial charge is 0.137 e. The lowest BCUT2D eigenvalue weighted by molar-refractivity contribution is 0.0472. The van der Waals surface area contributed by atoms with Crippen LogP contribution in [0.4, 0.5) is 4.39 Å². The molecule has 2 nitrogen and oxygen atoms in total. The first kappa shape index (κ1) is 15.9. The van der Waals surface area contributed by atoms with Crippen molar-refractivity contribution in [3.05, 3.63) is 34.1 Å². The highest BCUT2D eigenvalue weighted by Crippen LogP contribution is 2.27. The van der Waals surface area contributed by atoms with E-state index in [4.69, 9.17) is 0 Å². The molecule has 0 saturated carbocycles. The van der Waals surface area contributed by atoms with Gasteiger partial charge in [-0.2, -0.15) is 0 Å². The Morgan fingerprint density at radius 2 is 2.15 bits per heavy atom. The van der Waals surface area contributed by atoms with E-state index in [1.807, 2.05) is 6.07 Å². The summed E-state index contributed by atoms with van der Waals surface area (Å²) in [5.74, 6) is 0.417. The highest BCUT2D eigenvalue weighted by atomic mass is 79.9. The van der Waals surface area contributed by atoms with Crippen LogP contribution in [0.25, 0.3) is 0 Å². The van der Waals surface area contributed by atoms with Crippen LogP contribution in [0.2, 0.25) is 0 Å². The van der Waals surface area contributed by atoms with Gasteiger partial charge in [0.05, 0.1) is 4.47 Å². The predicted molar refractivity (Wildman–Crippen MR) is 85.2 cm³/mol. The molecule has 1 saturated heterocycles. The Morgan fingerprint density at radius 3 is 2.80 bits per heavy atom. The molecule has 0 aromatic heterocycles. The molecule has 0 radical (unpaired) electrons. The average Bonchev–Trinajstić information content (AvgIpc) is 2.36. The van der Waals surface area contributed by atoms with Crippen LogP contribution in [-0.4, -0.2) is 29.6 Å². The molecule has 0 spiro atoms. The van der Waals surface area contributed by atoms with Gasteiger partial charge in [0, 0.05) is 31.2 Å². The summed E-state index contributed by atoms with van der Waals surface area (Å²) in [7, 11) is 0. The topological polar surface area (TPSA) is 15.3 Å². The Hall–Kier alpha value is -0.450. The number of benzene rings is 1. The maximum absolute atomic E-state index is 13.7. The van der Waals surface area contributed by atoms with Crippen LogP contribution in [-0.2, 0) is 6.54 Å². The fourth-order valence-electron chi connectivity index (χ4n) is 2.64. The molecule has 1 fully saturated rings. The Morgan fingerprint density at radius 1 is 1.45 bits per heavy atom. The molecule has 112 valence electrons. The van der Waals surface area contributed by atoms with Crippen LogP contribution in [0, 0.1) is 11.7 Å². The Kier molecular flexibility index (Phi) is 4.88. The standard InChI is InChI=1S/C16H24BrFN2/c1-11(2)14-9-20(16(3,4)10-19-14)8-12-6-5-7-13(18)15(12)17/h5-7,11,14,19H,8-10H2,1-4H3. The van der Waals surface area contributed by atoms with Crippen molar-refractivity contribution in [1.82, 2.24) is 10.2 Å². The lowest BCUT2D eigenvalue weighted by atomic mass is 9.92. The second kappa shape index (κ2) is 6.12. The first-order valence-corrected chi connectivity index (χ1v) is 8.02. The van der Waals surface area contributed by atoms with Crippen LogP contribution in [0.3, 0.4) is 0 Å². The summed E-state index contributed by atoms with van der Waals surface area (Å²) in [6.07, 6.45) is 0. The zero-order valence-corrected chi connectivity index (χ0v) is 14.3. The number of hydrogen-bond acceptors (Lipinski definition) is 2. The number of hydrogen-bond donors (Lipinski definition) is 1. The molecule has 4 heteroatoms. The number of halogens is 2. The van der Waals surface area contributed by atoms with Crippen LogP contribution >= 0.6 is 15.9 Å². The third kappa shape index (κ3) is 3.41. The van der Waals surface area contributed by atoms with Crippen LogP contribution in [0.1, 0.15) is 33.3 Å². The lowest BCUT2D eigenvalue weighted by Crippen LogP contribution is -2.62. The number of nitrogens with one attached hydrogen (secondary N) is 1. The highest BCUT2D eigenvalue weighted by Gasteiger charge is 2.35. The van der Waals surface area contributed by atoms with Gasteiger partial charge in [-0.1, -0.05) is 26.0 Å². The Balaban J connectivity index is 2.18. The third-order valence-corrected chi connectivity index (χ3v) is 5.16. The quantitative estimate of drug-likeness (QED) is 0.898. The van der Waals surface area contributed by atoms with Crippen LogP contribution < -0.4 is 5.32 Å². The van der Waals surface area contributed by atoms with Crippen molar-refractivity contribution < 1.29 is 4.39 Å². The van der Waals surface area contributed by atoms with Gasteiger partial charge in [0.15, 0.2) is 0 Å². The molecule has 1 aromatic carbocycles. The van der Waals surface area contributed by atoms with Gasteiger partial charge in [0.25, 0.3) is 0 Å². The van der Waals surface area contributed by atoms with E-state index >= 15 is 0 Å². The van der Waals surface area contributed by atoms with Gasteiger partial charge in [0.1, 0.15) is 5.82 Å². The fraction of sp³-hybridized carbons (Fsp3) is 0.625. The molecule has 0 amide bonds. The van der Waals surface area contributed by atoms with E-state index in [-0.39, 0.29) is 11.4 Å². The third-order valence-electron chi connectivity index (χ3n) is 4.27. The summed E-state index contributed by atoms with van der Waals surface area (Å²) in [5.41, 5.74) is 1.10. The molecule has 0 bridgehead atoms. The van der Waals surface area contributed by atoms with Crippen molar-refractivity contribution >= 4 is 15.9 Å². The fourth-order valence-corrected chi connectivity index (χ4v) is 3.03.